The van der Waals surface area contributed by atoms with Gasteiger partial charge in [-0.1, -0.05) is 0 Å². The van der Waals surface area contributed by atoms with Crippen molar-refractivity contribution in [1.82, 2.24) is 5.32 Å². The van der Waals surface area contributed by atoms with Gasteiger partial charge in [-0.3, -0.25) is 4.79 Å². The van der Waals surface area contributed by atoms with Crippen molar-refractivity contribution in [2.45, 2.75) is 19.8 Å². The van der Waals surface area contributed by atoms with E-state index >= 15 is 0 Å². The SMILES string of the molecule is Cc1ccc(C(=O)NCCCCOc2ccc(F)cc2)s1. The predicted octanol–water partition coefficient (Wildman–Crippen LogP) is 3.78. The standard InChI is InChI=1S/C16H18FNO2S/c1-12-4-9-15(21-12)16(19)18-10-2-3-11-20-14-7-5-13(17)6-8-14/h4-9H,2-3,10-11H2,1H3,(H,18,19). The summed E-state index contributed by atoms with van der Waals surface area (Å²) in [6, 6.07) is 9.74. The quantitative estimate of drug-likeness (QED) is 0.790. The first-order valence-corrected chi connectivity index (χ1v) is 7.70. The first-order valence-electron chi connectivity index (χ1n) is 6.88. The van der Waals surface area contributed by atoms with Gasteiger partial charge in [0, 0.05) is 11.4 Å². The summed E-state index contributed by atoms with van der Waals surface area (Å²) < 4.78 is 18.2. The highest BCUT2D eigenvalue weighted by molar-refractivity contribution is 7.13. The van der Waals surface area contributed by atoms with Gasteiger partial charge in [-0.2, -0.15) is 0 Å². The van der Waals surface area contributed by atoms with Crippen LogP contribution in [0.3, 0.4) is 0 Å². The highest BCUT2D eigenvalue weighted by Gasteiger charge is 2.06. The third-order valence-corrected chi connectivity index (χ3v) is 3.90. The van der Waals surface area contributed by atoms with E-state index in [2.05, 4.69) is 5.32 Å². The Kier molecular flexibility index (Phi) is 5.75. The summed E-state index contributed by atoms with van der Waals surface area (Å²) in [7, 11) is 0. The molecule has 0 atom stereocenters. The summed E-state index contributed by atoms with van der Waals surface area (Å²) in [5.41, 5.74) is 0. The lowest BCUT2D eigenvalue weighted by Gasteiger charge is -2.06. The second-order valence-electron chi connectivity index (χ2n) is 4.68. The second kappa shape index (κ2) is 7.78. The van der Waals surface area contributed by atoms with Crippen molar-refractivity contribution in [3.8, 4) is 5.75 Å². The largest absolute Gasteiger partial charge is 0.494 e. The van der Waals surface area contributed by atoms with Crippen LogP contribution in [0.5, 0.6) is 5.75 Å². The number of carbonyl (C=O) groups excluding carboxylic acids is 1. The van der Waals surface area contributed by atoms with Gasteiger partial charge in [-0.25, -0.2) is 4.39 Å². The Balaban J connectivity index is 1.58. The van der Waals surface area contributed by atoms with Gasteiger partial charge in [0.25, 0.3) is 5.91 Å². The van der Waals surface area contributed by atoms with Crippen molar-refractivity contribution in [2.24, 2.45) is 0 Å². The van der Waals surface area contributed by atoms with E-state index in [9.17, 15) is 9.18 Å². The number of hydrogen-bond donors (Lipinski definition) is 1. The molecule has 0 saturated carbocycles. The van der Waals surface area contributed by atoms with E-state index in [1.54, 1.807) is 12.1 Å². The van der Waals surface area contributed by atoms with Crippen molar-refractivity contribution in [1.29, 1.82) is 0 Å². The number of thiophene rings is 1. The lowest BCUT2D eigenvalue weighted by Crippen LogP contribution is -2.23. The average Bonchev–Trinajstić information content (AvgIpc) is 2.91. The minimum absolute atomic E-state index is 0.0208. The van der Waals surface area contributed by atoms with Crippen molar-refractivity contribution in [3.05, 3.63) is 52.0 Å². The van der Waals surface area contributed by atoms with Crippen LogP contribution in [0.15, 0.2) is 36.4 Å². The molecule has 0 unspecified atom stereocenters. The molecule has 21 heavy (non-hydrogen) atoms. The van der Waals surface area contributed by atoms with Crippen LogP contribution in [-0.2, 0) is 0 Å². The molecule has 0 saturated heterocycles. The topological polar surface area (TPSA) is 38.3 Å². The Labute approximate surface area is 127 Å². The van der Waals surface area contributed by atoms with Gasteiger partial charge in [0.15, 0.2) is 0 Å². The summed E-state index contributed by atoms with van der Waals surface area (Å²) in [6.45, 7) is 3.16. The average molecular weight is 307 g/mol. The number of unbranched alkanes of at least 4 members (excludes halogenated alkanes) is 1. The van der Waals surface area contributed by atoms with Crippen molar-refractivity contribution in [2.75, 3.05) is 13.2 Å². The van der Waals surface area contributed by atoms with Gasteiger partial charge in [0.2, 0.25) is 0 Å². The van der Waals surface area contributed by atoms with Gasteiger partial charge in [0.05, 0.1) is 11.5 Å². The maximum atomic E-state index is 12.7. The summed E-state index contributed by atoms with van der Waals surface area (Å²) in [6.07, 6.45) is 1.68. The molecule has 1 amide bonds. The van der Waals surface area contributed by atoms with Gasteiger partial charge in [-0.15, -0.1) is 11.3 Å². The van der Waals surface area contributed by atoms with E-state index in [1.165, 1.54) is 23.5 Å². The molecule has 2 rings (SSSR count). The summed E-state index contributed by atoms with van der Waals surface area (Å²) in [4.78, 5) is 13.7. The number of amides is 1. The van der Waals surface area contributed by atoms with Crippen molar-refractivity contribution in [3.63, 3.8) is 0 Å². The maximum Gasteiger partial charge on any atom is 0.261 e. The van der Waals surface area contributed by atoms with Crippen LogP contribution >= 0.6 is 11.3 Å². The highest BCUT2D eigenvalue weighted by atomic mass is 32.1. The van der Waals surface area contributed by atoms with Gasteiger partial charge in [-0.05, 0) is 56.2 Å². The molecule has 1 aromatic heterocycles. The number of benzene rings is 1. The van der Waals surface area contributed by atoms with Crippen molar-refractivity contribution >= 4 is 17.2 Å². The van der Waals surface area contributed by atoms with Gasteiger partial charge >= 0.3 is 0 Å². The zero-order valence-electron chi connectivity index (χ0n) is 11.9. The Hall–Kier alpha value is -1.88. The number of ether oxygens (including phenoxy) is 1. The zero-order chi connectivity index (χ0) is 15.1. The molecule has 3 nitrogen and oxygen atoms in total. The number of rotatable bonds is 7. The van der Waals surface area contributed by atoms with Crippen LogP contribution in [0.4, 0.5) is 4.39 Å². The van der Waals surface area contributed by atoms with E-state index < -0.39 is 0 Å². The Morgan fingerprint density at radius 3 is 2.62 bits per heavy atom. The number of hydrogen-bond acceptors (Lipinski definition) is 3. The first kappa shape index (κ1) is 15.5. The van der Waals surface area contributed by atoms with Gasteiger partial charge in [0.1, 0.15) is 11.6 Å². The summed E-state index contributed by atoms with van der Waals surface area (Å²) in [5.74, 6) is 0.371. The number of halogens is 1. The molecule has 112 valence electrons. The molecule has 0 fully saturated rings. The van der Waals surface area contributed by atoms with E-state index in [-0.39, 0.29) is 11.7 Å². The number of carbonyl (C=O) groups is 1. The van der Waals surface area contributed by atoms with Crippen LogP contribution < -0.4 is 10.1 Å². The molecule has 1 aromatic carbocycles. The number of aryl methyl sites for hydroxylation is 1. The van der Waals surface area contributed by atoms with Crippen molar-refractivity contribution < 1.29 is 13.9 Å². The van der Waals surface area contributed by atoms with Crippen LogP contribution in [-0.4, -0.2) is 19.1 Å². The molecular weight excluding hydrogens is 289 g/mol. The molecule has 0 aliphatic heterocycles. The Morgan fingerprint density at radius 2 is 1.95 bits per heavy atom. The Bertz CT molecular complexity index is 580. The van der Waals surface area contributed by atoms with Crippen LogP contribution in [0.2, 0.25) is 0 Å². The molecule has 0 aliphatic carbocycles. The molecule has 5 heteroatoms. The molecule has 0 radical (unpaired) electrons. The van der Waals surface area contributed by atoms with E-state index in [4.69, 9.17) is 4.74 Å². The second-order valence-corrected chi connectivity index (χ2v) is 5.96. The molecule has 2 aromatic rings. The van der Waals surface area contributed by atoms with Crippen LogP contribution in [0.1, 0.15) is 27.4 Å². The highest BCUT2D eigenvalue weighted by Crippen LogP contribution is 2.14. The molecule has 1 N–H and O–H groups in total. The molecule has 0 spiro atoms. The predicted molar refractivity (Wildman–Crippen MR) is 82.5 cm³/mol. The summed E-state index contributed by atoms with van der Waals surface area (Å²) in [5, 5.41) is 2.88. The maximum absolute atomic E-state index is 12.7. The smallest absolute Gasteiger partial charge is 0.261 e. The third kappa shape index (κ3) is 5.19. The Morgan fingerprint density at radius 1 is 1.19 bits per heavy atom. The zero-order valence-corrected chi connectivity index (χ0v) is 12.7. The molecular formula is C16H18FNO2S. The van der Waals surface area contributed by atoms with Crippen LogP contribution in [0.25, 0.3) is 0 Å². The minimum atomic E-state index is -0.270. The van der Waals surface area contributed by atoms with E-state index in [0.29, 0.717) is 18.9 Å². The summed E-state index contributed by atoms with van der Waals surface area (Å²) >= 11 is 1.50. The van der Waals surface area contributed by atoms with Crippen LogP contribution in [0, 0.1) is 12.7 Å². The monoisotopic (exact) mass is 307 g/mol. The van der Waals surface area contributed by atoms with Gasteiger partial charge < -0.3 is 10.1 Å². The fraction of sp³-hybridized carbons (Fsp3) is 0.312. The van der Waals surface area contributed by atoms with E-state index in [0.717, 1.165) is 22.6 Å². The molecule has 1 heterocycles. The lowest BCUT2D eigenvalue weighted by atomic mass is 10.3. The number of nitrogens with one attached hydrogen (secondary N) is 1. The minimum Gasteiger partial charge on any atom is -0.494 e. The lowest BCUT2D eigenvalue weighted by molar-refractivity contribution is 0.0956. The fourth-order valence-electron chi connectivity index (χ4n) is 1.79. The third-order valence-electron chi connectivity index (χ3n) is 2.90. The molecule has 0 bridgehead atoms. The van der Waals surface area contributed by atoms with E-state index in [1.807, 2.05) is 19.1 Å². The first-order chi connectivity index (χ1) is 10.1. The normalized spacial score (nSPS) is 10.4. The molecule has 0 aliphatic rings. The fourth-order valence-corrected chi connectivity index (χ4v) is 2.58.